The number of phenols is 1. The first-order valence-electron chi connectivity index (χ1n) is 7.77. The van der Waals surface area contributed by atoms with Crippen molar-refractivity contribution in [2.45, 2.75) is 42.1 Å². The topological polar surface area (TPSA) is 162 Å². The molecule has 1 aliphatic rings. The largest absolute Gasteiger partial charge is 0.508 e. The summed E-state index contributed by atoms with van der Waals surface area (Å²) < 4.78 is -0.756. The average Bonchev–Trinajstić information content (AvgIpc) is 2.87. The average molecular weight is 406 g/mol. The zero-order chi connectivity index (χ0) is 19.6. The summed E-state index contributed by atoms with van der Waals surface area (Å²) in [6, 6.07) is 2.20. The molecule has 11 heteroatoms. The summed E-state index contributed by atoms with van der Waals surface area (Å²) in [7, 11) is 0. The van der Waals surface area contributed by atoms with Crippen LogP contribution in [0.1, 0.15) is 25.5 Å². The molecule has 1 saturated heterocycles. The Kier molecular flexibility index (Phi) is 8.14. The Hall–Kier alpha value is -1.30. The smallest absolute Gasteiger partial charge is 0.328 e. The van der Waals surface area contributed by atoms with E-state index in [0.29, 0.717) is 5.56 Å². The van der Waals surface area contributed by atoms with Crippen LogP contribution in [0.25, 0.3) is 0 Å². The van der Waals surface area contributed by atoms with Gasteiger partial charge in [0.1, 0.15) is 17.8 Å². The van der Waals surface area contributed by atoms with Gasteiger partial charge in [-0.25, -0.2) is 4.79 Å². The van der Waals surface area contributed by atoms with Crippen molar-refractivity contribution in [1.29, 1.82) is 0 Å². The summed E-state index contributed by atoms with van der Waals surface area (Å²) in [4.78, 5) is 35.3. The Bertz CT molecular complexity index is 715. The number of nitrogens with two attached hydrogens (primary N) is 1. The molecule has 1 aromatic carbocycles. The predicted molar refractivity (Wildman–Crippen MR) is 100 cm³/mol. The van der Waals surface area contributed by atoms with Gasteiger partial charge in [0.25, 0.3) is 0 Å². The number of carbonyl (C=O) groups is 3. The van der Waals surface area contributed by atoms with E-state index in [1.165, 1.54) is 24.3 Å². The van der Waals surface area contributed by atoms with E-state index in [9.17, 15) is 29.7 Å². The van der Waals surface area contributed by atoms with Gasteiger partial charge in [0.05, 0.1) is 5.37 Å². The van der Waals surface area contributed by atoms with Crippen molar-refractivity contribution < 1.29 is 29.7 Å². The van der Waals surface area contributed by atoms with Gasteiger partial charge in [-0.1, -0.05) is 12.1 Å². The molecule has 1 aliphatic heterocycles. The molecular formula is C16H21N3NaO6S. The van der Waals surface area contributed by atoms with E-state index in [1.54, 1.807) is 13.8 Å². The number of benzene rings is 1. The zero-order valence-corrected chi connectivity index (χ0v) is 18.0. The second-order valence-corrected chi connectivity index (χ2v) is 8.27. The van der Waals surface area contributed by atoms with Crippen molar-refractivity contribution in [3.8, 4) is 5.75 Å². The molecule has 4 atom stereocenters. The maximum absolute atomic E-state index is 12.4. The molecule has 2 rings (SSSR count). The van der Waals surface area contributed by atoms with Gasteiger partial charge in [0, 0.05) is 34.3 Å². The fraction of sp³-hybridized carbons (Fsp3) is 0.438. The molecule has 1 heterocycles. The van der Waals surface area contributed by atoms with Gasteiger partial charge >= 0.3 is 11.9 Å². The van der Waals surface area contributed by atoms with E-state index in [0.717, 1.165) is 11.8 Å². The van der Waals surface area contributed by atoms with E-state index in [4.69, 9.17) is 5.73 Å². The fourth-order valence-corrected chi connectivity index (χ4v) is 4.15. The first-order chi connectivity index (χ1) is 12.0. The van der Waals surface area contributed by atoms with Crippen molar-refractivity contribution in [3.63, 3.8) is 0 Å². The van der Waals surface area contributed by atoms with Crippen molar-refractivity contribution in [1.82, 2.24) is 10.6 Å². The fourth-order valence-electron chi connectivity index (χ4n) is 2.67. The number of aromatic hydroxyl groups is 1. The third-order valence-corrected chi connectivity index (χ3v) is 5.61. The summed E-state index contributed by atoms with van der Waals surface area (Å²) in [5, 5.41) is 32.3. The van der Waals surface area contributed by atoms with Gasteiger partial charge in [-0.05, 0) is 31.5 Å². The molecule has 0 bridgehead atoms. The van der Waals surface area contributed by atoms with Crippen LogP contribution in [-0.2, 0) is 14.4 Å². The van der Waals surface area contributed by atoms with Gasteiger partial charge in [-0.15, -0.1) is 11.8 Å². The number of hydrogen-bond donors (Lipinski definition) is 6. The quantitative estimate of drug-likeness (QED) is 0.341. The monoisotopic (exact) mass is 406 g/mol. The Morgan fingerprint density at radius 1 is 1.22 bits per heavy atom. The molecule has 0 aliphatic carbocycles. The number of carboxylic acid groups (broad SMARTS) is 2. The molecular weight excluding hydrogens is 385 g/mol. The molecule has 27 heavy (non-hydrogen) atoms. The third kappa shape index (κ3) is 5.59. The zero-order valence-electron chi connectivity index (χ0n) is 15.2. The number of carboxylic acids is 2. The summed E-state index contributed by atoms with van der Waals surface area (Å²) in [5.74, 6) is -3.11. The summed E-state index contributed by atoms with van der Waals surface area (Å²) >= 11 is 1.13. The SMILES string of the molecule is CC1(C)SC(C(NC(=O)C(N)c2ccc(O)cc2)C(=O)O)NC1C(=O)O.[Na]. The Labute approximate surface area is 182 Å². The molecule has 0 aromatic heterocycles. The van der Waals surface area contributed by atoms with Crippen LogP contribution in [0.5, 0.6) is 5.75 Å². The van der Waals surface area contributed by atoms with Crippen LogP contribution in [-0.4, -0.2) is 84.9 Å². The van der Waals surface area contributed by atoms with Crippen LogP contribution in [0.15, 0.2) is 24.3 Å². The number of carbonyl (C=O) groups excluding carboxylic acids is 1. The van der Waals surface area contributed by atoms with Crippen LogP contribution in [0, 0.1) is 0 Å². The van der Waals surface area contributed by atoms with Crippen molar-refractivity contribution in [2.24, 2.45) is 5.73 Å². The van der Waals surface area contributed by atoms with Gasteiger partial charge in [-0.3, -0.25) is 14.9 Å². The number of rotatable bonds is 6. The summed E-state index contributed by atoms with van der Waals surface area (Å²) in [6.45, 7) is 3.37. The maximum Gasteiger partial charge on any atom is 0.328 e. The molecule has 1 amide bonds. The summed E-state index contributed by atoms with van der Waals surface area (Å²) in [6.07, 6.45) is 0. The Morgan fingerprint density at radius 2 is 1.78 bits per heavy atom. The second kappa shape index (κ2) is 9.26. The molecule has 4 unspecified atom stereocenters. The third-order valence-electron chi connectivity index (χ3n) is 4.11. The van der Waals surface area contributed by atoms with Crippen LogP contribution >= 0.6 is 11.8 Å². The van der Waals surface area contributed by atoms with E-state index in [1.807, 2.05) is 0 Å². The number of thioether (sulfide) groups is 1. The van der Waals surface area contributed by atoms with Crippen LogP contribution in [0.3, 0.4) is 0 Å². The standard InChI is InChI=1S/C16H21N3O6S.Na/c1-16(2)11(15(24)25)19-13(26-16)10(14(22)23)18-12(21)9(17)7-3-5-8(20)6-4-7;/h3-6,9-11,13,19-20H,17H2,1-2H3,(H,18,21)(H,22,23)(H,24,25);. The van der Waals surface area contributed by atoms with Crippen molar-refractivity contribution in [3.05, 3.63) is 29.8 Å². The normalized spacial score (nSPS) is 22.9. The maximum atomic E-state index is 12.4. The Balaban J connectivity index is 0.00000364. The van der Waals surface area contributed by atoms with Crippen LogP contribution < -0.4 is 16.4 Å². The number of nitrogens with one attached hydrogen (secondary N) is 2. The molecule has 0 spiro atoms. The van der Waals surface area contributed by atoms with E-state index >= 15 is 0 Å². The number of amides is 1. The first-order valence-corrected chi connectivity index (χ1v) is 8.65. The number of hydrogen-bond acceptors (Lipinski definition) is 7. The van der Waals surface area contributed by atoms with Crippen molar-refractivity contribution >= 4 is 59.2 Å². The number of aliphatic carboxylic acids is 2. The molecule has 9 nitrogen and oxygen atoms in total. The van der Waals surface area contributed by atoms with Crippen molar-refractivity contribution in [2.75, 3.05) is 0 Å². The van der Waals surface area contributed by atoms with Crippen LogP contribution in [0.4, 0.5) is 0 Å². The molecule has 7 N–H and O–H groups in total. The first kappa shape index (κ1) is 23.7. The summed E-state index contributed by atoms with van der Waals surface area (Å²) in [5.41, 5.74) is 6.26. The minimum atomic E-state index is -1.36. The predicted octanol–water partition coefficient (Wildman–Crippen LogP) is -0.525. The minimum absolute atomic E-state index is 0. The van der Waals surface area contributed by atoms with E-state index in [2.05, 4.69) is 10.6 Å². The van der Waals surface area contributed by atoms with Gasteiger partial charge in [0.15, 0.2) is 6.04 Å². The molecule has 1 radical (unpaired) electrons. The van der Waals surface area contributed by atoms with E-state index < -0.39 is 46.1 Å². The molecule has 1 aromatic rings. The van der Waals surface area contributed by atoms with Gasteiger partial charge in [-0.2, -0.15) is 0 Å². The minimum Gasteiger partial charge on any atom is -0.508 e. The van der Waals surface area contributed by atoms with Crippen LogP contribution in [0.2, 0.25) is 0 Å². The molecule has 143 valence electrons. The Morgan fingerprint density at radius 3 is 2.22 bits per heavy atom. The number of phenolic OH excluding ortho intramolecular Hbond substituents is 1. The molecule has 0 saturated carbocycles. The van der Waals surface area contributed by atoms with E-state index in [-0.39, 0.29) is 35.3 Å². The second-order valence-electron chi connectivity index (χ2n) is 6.47. The van der Waals surface area contributed by atoms with Gasteiger partial charge in [0.2, 0.25) is 5.91 Å². The molecule has 1 fully saturated rings. The van der Waals surface area contributed by atoms with Gasteiger partial charge < -0.3 is 26.4 Å².